The molecule has 3 aromatic rings. The maximum atomic E-state index is 12.1. The van der Waals surface area contributed by atoms with Gasteiger partial charge in [-0.2, -0.15) is 0 Å². The van der Waals surface area contributed by atoms with Crippen molar-refractivity contribution in [2.75, 3.05) is 7.11 Å². The zero-order valence-corrected chi connectivity index (χ0v) is 15.9. The number of rotatable bonds is 4. The van der Waals surface area contributed by atoms with Gasteiger partial charge < -0.3 is 18.9 Å². The van der Waals surface area contributed by atoms with Crippen LogP contribution >= 0.6 is 0 Å². The molecule has 0 saturated carbocycles. The SMILES string of the molecule is COC(=O)c1cc(OC(C)=O)c2c(c1)OC(c1ccccc1)(c1ccccc1)O2. The molecular formula is C23H18O6. The van der Waals surface area contributed by atoms with Gasteiger partial charge in [-0.1, -0.05) is 60.7 Å². The van der Waals surface area contributed by atoms with Crippen LogP contribution in [0.5, 0.6) is 17.2 Å². The Labute approximate surface area is 167 Å². The number of carbonyl (C=O) groups excluding carboxylic acids is 2. The molecule has 1 heterocycles. The van der Waals surface area contributed by atoms with Crippen molar-refractivity contribution < 1.29 is 28.5 Å². The fourth-order valence-electron chi connectivity index (χ4n) is 3.26. The largest absolute Gasteiger partial charge is 0.465 e. The lowest BCUT2D eigenvalue weighted by Gasteiger charge is -2.28. The quantitative estimate of drug-likeness (QED) is 0.494. The van der Waals surface area contributed by atoms with Gasteiger partial charge in [0.05, 0.1) is 12.7 Å². The van der Waals surface area contributed by atoms with Gasteiger partial charge in [0.15, 0.2) is 11.5 Å². The third-order valence-electron chi connectivity index (χ3n) is 4.50. The summed E-state index contributed by atoms with van der Waals surface area (Å²) in [4.78, 5) is 23.7. The van der Waals surface area contributed by atoms with E-state index in [0.29, 0.717) is 0 Å². The predicted molar refractivity (Wildman–Crippen MR) is 104 cm³/mol. The molecule has 0 unspecified atom stereocenters. The smallest absolute Gasteiger partial charge is 0.338 e. The molecule has 4 rings (SSSR count). The number of methoxy groups -OCH3 is 1. The van der Waals surface area contributed by atoms with Gasteiger partial charge in [0.1, 0.15) is 0 Å². The van der Waals surface area contributed by atoms with Gasteiger partial charge in [0.2, 0.25) is 5.75 Å². The van der Waals surface area contributed by atoms with Crippen LogP contribution in [0.1, 0.15) is 28.4 Å². The van der Waals surface area contributed by atoms with Crippen molar-refractivity contribution in [3.8, 4) is 17.2 Å². The summed E-state index contributed by atoms with van der Waals surface area (Å²) >= 11 is 0. The van der Waals surface area contributed by atoms with Crippen molar-refractivity contribution in [1.82, 2.24) is 0 Å². The topological polar surface area (TPSA) is 71.1 Å². The lowest BCUT2D eigenvalue weighted by Crippen LogP contribution is -2.36. The third-order valence-corrected chi connectivity index (χ3v) is 4.50. The Bertz CT molecular complexity index is 1020. The van der Waals surface area contributed by atoms with Crippen molar-refractivity contribution in [3.63, 3.8) is 0 Å². The highest BCUT2D eigenvalue weighted by atomic mass is 16.7. The highest BCUT2D eigenvalue weighted by Gasteiger charge is 2.47. The molecule has 0 amide bonds. The molecule has 0 saturated heterocycles. The highest BCUT2D eigenvalue weighted by Crippen LogP contribution is 2.52. The molecule has 0 radical (unpaired) electrons. The predicted octanol–water partition coefficient (Wildman–Crippen LogP) is 4.07. The Morgan fingerprint density at radius 2 is 1.45 bits per heavy atom. The summed E-state index contributed by atoms with van der Waals surface area (Å²) in [5.41, 5.74) is 1.68. The summed E-state index contributed by atoms with van der Waals surface area (Å²) in [6.07, 6.45) is 0. The molecule has 6 nitrogen and oxygen atoms in total. The van der Waals surface area contributed by atoms with E-state index >= 15 is 0 Å². The third kappa shape index (κ3) is 3.29. The number of hydrogen-bond donors (Lipinski definition) is 0. The van der Waals surface area contributed by atoms with E-state index in [-0.39, 0.29) is 22.8 Å². The van der Waals surface area contributed by atoms with Crippen LogP contribution in [0.25, 0.3) is 0 Å². The lowest BCUT2D eigenvalue weighted by atomic mass is 9.97. The first-order valence-corrected chi connectivity index (χ1v) is 8.97. The maximum Gasteiger partial charge on any atom is 0.338 e. The van der Waals surface area contributed by atoms with Gasteiger partial charge in [-0.25, -0.2) is 4.79 Å². The molecule has 0 spiro atoms. The second kappa shape index (κ2) is 7.31. The van der Waals surface area contributed by atoms with E-state index in [0.717, 1.165) is 11.1 Å². The lowest BCUT2D eigenvalue weighted by molar-refractivity contribution is -0.132. The molecule has 0 aliphatic carbocycles. The average molecular weight is 390 g/mol. The number of esters is 2. The first kappa shape index (κ1) is 18.6. The minimum absolute atomic E-state index is 0.0872. The van der Waals surface area contributed by atoms with Crippen molar-refractivity contribution in [3.05, 3.63) is 89.5 Å². The molecule has 0 aromatic heterocycles. The summed E-state index contributed by atoms with van der Waals surface area (Å²) in [7, 11) is 1.27. The molecule has 29 heavy (non-hydrogen) atoms. The maximum absolute atomic E-state index is 12.1. The molecule has 0 bridgehead atoms. The summed E-state index contributed by atoms with van der Waals surface area (Å²) < 4.78 is 22.7. The Balaban J connectivity index is 1.90. The molecular weight excluding hydrogens is 372 g/mol. The number of hydrogen-bond acceptors (Lipinski definition) is 6. The summed E-state index contributed by atoms with van der Waals surface area (Å²) in [6.45, 7) is 1.27. The van der Waals surface area contributed by atoms with E-state index in [4.69, 9.17) is 18.9 Å². The fraction of sp³-hybridized carbons (Fsp3) is 0.130. The number of ether oxygens (including phenoxy) is 4. The molecule has 1 aliphatic rings. The molecule has 146 valence electrons. The summed E-state index contributed by atoms with van der Waals surface area (Å²) in [5, 5.41) is 0. The van der Waals surface area contributed by atoms with E-state index in [1.165, 1.54) is 26.2 Å². The molecule has 6 heteroatoms. The van der Waals surface area contributed by atoms with Gasteiger partial charge in [-0.05, 0) is 12.1 Å². The van der Waals surface area contributed by atoms with Crippen LogP contribution in [-0.2, 0) is 15.3 Å². The van der Waals surface area contributed by atoms with E-state index < -0.39 is 17.7 Å². The van der Waals surface area contributed by atoms with Crippen molar-refractivity contribution in [2.45, 2.75) is 12.7 Å². The summed E-state index contributed by atoms with van der Waals surface area (Å²) in [6, 6.07) is 21.7. The number of benzene rings is 3. The van der Waals surface area contributed by atoms with Crippen molar-refractivity contribution in [2.24, 2.45) is 0 Å². The van der Waals surface area contributed by atoms with Crippen LogP contribution in [0.4, 0.5) is 0 Å². The van der Waals surface area contributed by atoms with E-state index in [2.05, 4.69) is 0 Å². The van der Waals surface area contributed by atoms with Crippen LogP contribution < -0.4 is 14.2 Å². The van der Waals surface area contributed by atoms with Crippen molar-refractivity contribution >= 4 is 11.9 Å². The Morgan fingerprint density at radius 3 is 1.97 bits per heavy atom. The van der Waals surface area contributed by atoms with Crippen LogP contribution in [0.2, 0.25) is 0 Å². The fourth-order valence-corrected chi connectivity index (χ4v) is 3.26. The number of fused-ring (bicyclic) bond motifs is 1. The highest BCUT2D eigenvalue weighted by molar-refractivity contribution is 5.91. The molecule has 3 aromatic carbocycles. The van der Waals surface area contributed by atoms with Crippen molar-refractivity contribution in [1.29, 1.82) is 0 Å². The van der Waals surface area contributed by atoms with Gasteiger partial charge in [0.25, 0.3) is 0 Å². The van der Waals surface area contributed by atoms with Crippen LogP contribution in [0.3, 0.4) is 0 Å². The van der Waals surface area contributed by atoms with Gasteiger partial charge >= 0.3 is 17.7 Å². The first-order chi connectivity index (χ1) is 14.0. The zero-order valence-electron chi connectivity index (χ0n) is 15.9. The van der Waals surface area contributed by atoms with E-state index in [1.807, 2.05) is 60.7 Å². The second-order valence-electron chi connectivity index (χ2n) is 6.44. The Morgan fingerprint density at radius 1 is 0.862 bits per heavy atom. The minimum atomic E-state index is -1.30. The average Bonchev–Trinajstić information content (AvgIpc) is 3.15. The second-order valence-corrected chi connectivity index (χ2v) is 6.44. The van der Waals surface area contributed by atoms with Gasteiger partial charge in [0, 0.05) is 18.1 Å². The minimum Gasteiger partial charge on any atom is -0.465 e. The van der Waals surface area contributed by atoms with Crippen LogP contribution in [-0.4, -0.2) is 19.0 Å². The van der Waals surface area contributed by atoms with E-state index in [9.17, 15) is 9.59 Å². The normalized spacial score (nSPS) is 13.6. The summed E-state index contributed by atoms with van der Waals surface area (Å²) in [5.74, 6) is -1.83. The van der Waals surface area contributed by atoms with E-state index in [1.54, 1.807) is 0 Å². The first-order valence-electron chi connectivity index (χ1n) is 8.97. The molecule has 0 N–H and O–H groups in total. The van der Waals surface area contributed by atoms with Gasteiger partial charge in [-0.3, -0.25) is 4.79 Å². The molecule has 1 aliphatic heterocycles. The van der Waals surface area contributed by atoms with Crippen LogP contribution in [0, 0.1) is 0 Å². The Kier molecular flexibility index (Phi) is 4.68. The Hall–Kier alpha value is -3.80. The number of carbonyl (C=O) groups is 2. The standard InChI is InChI=1S/C23H18O6/c1-15(24)27-19-13-16(22(25)26-2)14-20-21(19)29-23(28-20,17-9-5-3-6-10-17)18-11-7-4-8-12-18/h3-14H,1-2H3. The zero-order chi connectivity index (χ0) is 20.4. The molecule has 0 fully saturated rings. The van der Waals surface area contributed by atoms with Gasteiger partial charge in [-0.15, -0.1) is 0 Å². The van der Waals surface area contributed by atoms with Crippen LogP contribution in [0.15, 0.2) is 72.8 Å². The molecule has 0 atom stereocenters. The monoisotopic (exact) mass is 390 g/mol.